The van der Waals surface area contributed by atoms with E-state index in [0.29, 0.717) is 18.5 Å². The maximum Gasteiger partial charge on any atom is 0.410 e. The molecule has 0 spiro atoms. The number of ether oxygens (including phenoxy) is 3. The smallest absolute Gasteiger partial charge is 0.410 e. The van der Waals surface area contributed by atoms with E-state index in [1.54, 1.807) is 21.9 Å². The number of amides is 2. The molecule has 1 unspecified atom stereocenters. The van der Waals surface area contributed by atoms with Gasteiger partial charge in [-0.15, -0.1) is 0 Å². The molecule has 188 valence electrons. The maximum absolute atomic E-state index is 13.1. The van der Waals surface area contributed by atoms with Crippen LogP contribution in [0.5, 0.6) is 0 Å². The van der Waals surface area contributed by atoms with Gasteiger partial charge in [0.2, 0.25) is 0 Å². The van der Waals surface area contributed by atoms with E-state index in [-0.39, 0.29) is 19.7 Å². The van der Waals surface area contributed by atoms with E-state index in [0.717, 1.165) is 16.7 Å². The molecular weight excluding hydrogens is 448 g/mol. The minimum atomic E-state index is -0.629. The van der Waals surface area contributed by atoms with Crippen molar-refractivity contribution in [2.45, 2.75) is 52.4 Å². The predicted octanol–water partition coefficient (Wildman–Crippen LogP) is 4.97. The van der Waals surface area contributed by atoms with Crippen LogP contribution in [0, 0.1) is 0 Å². The highest BCUT2D eigenvalue weighted by molar-refractivity contribution is 5.91. The van der Waals surface area contributed by atoms with Gasteiger partial charge in [-0.2, -0.15) is 0 Å². The monoisotopic (exact) mass is 482 g/mol. The van der Waals surface area contributed by atoms with Crippen LogP contribution in [0.25, 0.3) is 0 Å². The van der Waals surface area contributed by atoms with Crippen molar-refractivity contribution in [1.82, 2.24) is 9.80 Å². The first-order chi connectivity index (χ1) is 16.6. The van der Waals surface area contributed by atoms with Gasteiger partial charge in [0, 0.05) is 19.6 Å². The van der Waals surface area contributed by atoms with E-state index in [2.05, 4.69) is 0 Å². The molecule has 1 aliphatic heterocycles. The standard InChI is InChI=1S/C27H34N2O6/c1-6-20-16-21(12-13-22(20)24(30)33-5)23-17-28(25(31)35-27(2,3)4)14-15-29(23)26(32)34-18-19-10-8-7-9-11-19/h7-13,16,23H,6,14-15,17-18H2,1-5H3. The highest BCUT2D eigenvalue weighted by atomic mass is 16.6. The summed E-state index contributed by atoms with van der Waals surface area (Å²) in [6.45, 7) is 8.42. The van der Waals surface area contributed by atoms with Gasteiger partial charge < -0.3 is 19.1 Å². The second kappa shape index (κ2) is 11.3. The number of carbonyl (C=O) groups excluding carboxylic acids is 3. The summed E-state index contributed by atoms with van der Waals surface area (Å²) in [5, 5.41) is 0. The van der Waals surface area contributed by atoms with Crippen molar-refractivity contribution in [3.63, 3.8) is 0 Å². The van der Waals surface area contributed by atoms with Gasteiger partial charge in [-0.05, 0) is 49.9 Å². The molecule has 3 rings (SSSR count). The number of hydrogen-bond donors (Lipinski definition) is 0. The topological polar surface area (TPSA) is 85.4 Å². The Morgan fingerprint density at radius 2 is 1.71 bits per heavy atom. The lowest BCUT2D eigenvalue weighted by molar-refractivity contribution is 0.000811. The van der Waals surface area contributed by atoms with Crippen molar-refractivity contribution in [3.05, 3.63) is 70.8 Å². The number of nitrogens with zero attached hydrogens (tertiary/aromatic N) is 2. The summed E-state index contributed by atoms with van der Waals surface area (Å²) in [6.07, 6.45) is -0.279. The van der Waals surface area contributed by atoms with Gasteiger partial charge >= 0.3 is 18.2 Å². The minimum absolute atomic E-state index is 0.153. The number of piperazine rings is 1. The van der Waals surface area contributed by atoms with Crippen molar-refractivity contribution in [2.75, 3.05) is 26.7 Å². The number of hydrogen-bond acceptors (Lipinski definition) is 6. The summed E-state index contributed by atoms with van der Waals surface area (Å²) in [5.74, 6) is -0.411. The van der Waals surface area contributed by atoms with Crippen LogP contribution in [-0.2, 0) is 27.2 Å². The second-order valence-electron chi connectivity index (χ2n) is 9.44. The molecule has 0 radical (unpaired) electrons. The molecule has 1 heterocycles. The van der Waals surface area contributed by atoms with E-state index < -0.39 is 29.8 Å². The molecule has 0 aliphatic carbocycles. The van der Waals surface area contributed by atoms with Crippen LogP contribution in [0.3, 0.4) is 0 Å². The molecule has 2 aromatic rings. The summed E-state index contributed by atoms with van der Waals surface area (Å²) >= 11 is 0. The summed E-state index contributed by atoms with van der Waals surface area (Å²) < 4.78 is 16.1. The number of benzene rings is 2. The van der Waals surface area contributed by atoms with Gasteiger partial charge in [0.15, 0.2) is 0 Å². The van der Waals surface area contributed by atoms with E-state index in [1.807, 2.05) is 64.1 Å². The number of rotatable bonds is 5. The first-order valence-electron chi connectivity index (χ1n) is 11.8. The van der Waals surface area contributed by atoms with Gasteiger partial charge in [-0.25, -0.2) is 14.4 Å². The fourth-order valence-corrected chi connectivity index (χ4v) is 4.00. The Morgan fingerprint density at radius 1 is 1.00 bits per heavy atom. The number of carbonyl (C=O) groups is 3. The van der Waals surface area contributed by atoms with Crippen LogP contribution < -0.4 is 0 Å². The third-order valence-electron chi connectivity index (χ3n) is 5.77. The Hall–Kier alpha value is -3.55. The van der Waals surface area contributed by atoms with Gasteiger partial charge in [-0.3, -0.25) is 4.90 Å². The van der Waals surface area contributed by atoms with E-state index >= 15 is 0 Å². The molecule has 8 heteroatoms. The first-order valence-corrected chi connectivity index (χ1v) is 11.8. The van der Waals surface area contributed by atoms with Crippen molar-refractivity contribution < 1.29 is 28.6 Å². The van der Waals surface area contributed by atoms with E-state index in [1.165, 1.54) is 7.11 Å². The molecule has 35 heavy (non-hydrogen) atoms. The Balaban J connectivity index is 1.87. The van der Waals surface area contributed by atoms with Crippen LogP contribution in [0.2, 0.25) is 0 Å². The molecule has 0 saturated carbocycles. The zero-order valence-electron chi connectivity index (χ0n) is 21.1. The molecule has 0 aromatic heterocycles. The van der Waals surface area contributed by atoms with Gasteiger partial charge in [0.25, 0.3) is 0 Å². The molecule has 0 bridgehead atoms. The maximum atomic E-state index is 13.1. The number of aryl methyl sites for hydroxylation is 1. The molecule has 1 aliphatic rings. The highest BCUT2D eigenvalue weighted by Gasteiger charge is 2.36. The quantitative estimate of drug-likeness (QED) is 0.442. The summed E-state index contributed by atoms with van der Waals surface area (Å²) in [4.78, 5) is 41.3. The van der Waals surface area contributed by atoms with Crippen LogP contribution in [0.1, 0.15) is 60.8 Å². The Labute approximate surface area is 206 Å². The summed E-state index contributed by atoms with van der Waals surface area (Å²) in [6, 6.07) is 14.4. The largest absolute Gasteiger partial charge is 0.465 e. The highest BCUT2D eigenvalue weighted by Crippen LogP contribution is 2.29. The SMILES string of the molecule is CCc1cc(C2CN(C(=O)OC(C)(C)C)CCN2C(=O)OCc2ccccc2)ccc1C(=O)OC. The number of methoxy groups -OCH3 is 1. The Morgan fingerprint density at radius 3 is 2.34 bits per heavy atom. The Kier molecular flexibility index (Phi) is 8.38. The molecule has 1 saturated heterocycles. The van der Waals surface area contributed by atoms with Crippen molar-refractivity contribution in [3.8, 4) is 0 Å². The zero-order valence-corrected chi connectivity index (χ0v) is 21.1. The van der Waals surface area contributed by atoms with Crippen LogP contribution in [-0.4, -0.2) is 60.3 Å². The lowest BCUT2D eigenvalue weighted by atomic mass is 9.96. The molecule has 2 aromatic carbocycles. The molecule has 2 amide bonds. The van der Waals surface area contributed by atoms with Crippen LogP contribution in [0.4, 0.5) is 9.59 Å². The summed E-state index contributed by atoms with van der Waals surface area (Å²) in [5.41, 5.74) is 2.36. The first kappa shape index (κ1) is 26.1. The van der Waals surface area contributed by atoms with E-state index in [4.69, 9.17) is 14.2 Å². The normalized spacial score (nSPS) is 16.0. The van der Waals surface area contributed by atoms with Gasteiger partial charge in [-0.1, -0.05) is 49.4 Å². The minimum Gasteiger partial charge on any atom is -0.465 e. The fraction of sp³-hybridized carbons (Fsp3) is 0.444. The molecule has 1 fully saturated rings. The van der Waals surface area contributed by atoms with E-state index in [9.17, 15) is 14.4 Å². The fourth-order valence-electron chi connectivity index (χ4n) is 4.00. The van der Waals surface area contributed by atoms with Gasteiger partial charge in [0.05, 0.1) is 18.7 Å². The zero-order chi connectivity index (χ0) is 25.6. The second-order valence-corrected chi connectivity index (χ2v) is 9.44. The Bertz CT molecular complexity index is 1050. The third-order valence-corrected chi connectivity index (χ3v) is 5.77. The number of esters is 1. The predicted molar refractivity (Wildman–Crippen MR) is 131 cm³/mol. The lowest BCUT2D eigenvalue weighted by Crippen LogP contribution is -2.53. The summed E-state index contributed by atoms with van der Waals surface area (Å²) in [7, 11) is 1.35. The third kappa shape index (κ3) is 6.74. The molecular formula is C27H34N2O6. The van der Waals surface area contributed by atoms with Gasteiger partial charge in [0.1, 0.15) is 12.2 Å². The van der Waals surface area contributed by atoms with Crippen molar-refractivity contribution in [2.24, 2.45) is 0 Å². The van der Waals surface area contributed by atoms with Crippen molar-refractivity contribution in [1.29, 1.82) is 0 Å². The average molecular weight is 483 g/mol. The average Bonchev–Trinajstić information content (AvgIpc) is 2.85. The molecule has 8 nitrogen and oxygen atoms in total. The van der Waals surface area contributed by atoms with Crippen molar-refractivity contribution >= 4 is 18.2 Å². The molecule has 0 N–H and O–H groups in total. The molecule has 1 atom stereocenters. The lowest BCUT2D eigenvalue weighted by Gasteiger charge is -2.41. The van der Waals surface area contributed by atoms with Crippen LogP contribution in [0.15, 0.2) is 48.5 Å². The van der Waals surface area contributed by atoms with Crippen LogP contribution >= 0.6 is 0 Å².